The van der Waals surface area contributed by atoms with Crippen molar-refractivity contribution in [2.24, 2.45) is 17.6 Å². The molecule has 3 amide bonds. The molecule has 40 heavy (non-hydrogen) atoms. The van der Waals surface area contributed by atoms with E-state index in [0.717, 1.165) is 30.7 Å². The van der Waals surface area contributed by atoms with Crippen LogP contribution in [-0.2, 0) is 23.9 Å². The molecule has 2 heterocycles. The quantitative estimate of drug-likeness (QED) is 0.278. The number of carbonyl (C=O) groups is 5. The maximum Gasteiger partial charge on any atom is 0.355 e. The Balaban J connectivity index is 2.43. The van der Waals surface area contributed by atoms with Crippen LogP contribution in [0.25, 0.3) is 0 Å². The first-order valence-corrected chi connectivity index (χ1v) is 14.6. The molecule has 1 saturated heterocycles. The van der Waals surface area contributed by atoms with Gasteiger partial charge < -0.3 is 25.8 Å². The number of nitrogens with zero attached hydrogens (tertiary/aromatic N) is 3. The first-order valence-electron chi connectivity index (χ1n) is 13.7. The number of aromatic nitrogens is 1. The van der Waals surface area contributed by atoms with E-state index in [-0.39, 0.29) is 40.9 Å². The molecule has 5 atom stereocenters. The highest BCUT2D eigenvalue weighted by molar-refractivity contribution is 7.09. The van der Waals surface area contributed by atoms with Crippen molar-refractivity contribution < 1.29 is 33.8 Å². The average molecular weight is 582 g/mol. The average Bonchev–Trinajstić information content (AvgIpc) is 3.38. The Morgan fingerprint density at radius 1 is 1.25 bits per heavy atom. The Morgan fingerprint density at radius 3 is 2.42 bits per heavy atom. The Bertz CT molecular complexity index is 1060. The van der Waals surface area contributed by atoms with Crippen molar-refractivity contribution in [2.75, 3.05) is 20.1 Å². The number of aromatic carboxylic acids is 1. The number of hydrogen-bond acceptors (Lipinski definition) is 9. The zero-order valence-corrected chi connectivity index (χ0v) is 25.0. The highest BCUT2D eigenvalue weighted by atomic mass is 32.1. The molecule has 0 aromatic carbocycles. The van der Waals surface area contributed by atoms with Crippen LogP contribution in [0.3, 0.4) is 0 Å². The molecule has 1 aliphatic heterocycles. The lowest BCUT2D eigenvalue weighted by Gasteiger charge is -2.39. The molecule has 0 radical (unpaired) electrons. The number of hydrogen-bond donors (Lipinski definition) is 3. The number of carbonyl (C=O) groups excluding carboxylic acids is 4. The summed E-state index contributed by atoms with van der Waals surface area (Å²) in [6.07, 6.45) is 2.31. The van der Waals surface area contributed by atoms with E-state index in [0.29, 0.717) is 12.8 Å². The molecule has 224 valence electrons. The Kier molecular flexibility index (Phi) is 12.5. The third kappa shape index (κ3) is 8.98. The van der Waals surface area contributed by atoms with Gasteiger partial charge in [-0.25, -0.2) is 9.78 Å². The maximum absolute atomic E-state index is 14.1. The minimum atomic E-state index is -1.22. The summed E-state index contributed by atoms with van der Waals surface area (Å²) >= 11 is 1.03. The lowest BCUT2D eigenvalue weighted by molar-refractivity contribution is -0.150. The molecule has 0 aliphatic carbocycles. The molecule has 0 bridgehead atoms. The molecule has 1 aromatic heterocycles. The Hall–Kier alpha value is -3.06. The number of carboxylic acids is 1. The van der Waals surface area contributed by atoms with Gasteiger partial charge in [0.2, 0.25) is 17.7 Å². The van der Waals surface area contributed by atoms with Gasteiger partial charge in [-0.1, -0.05) is 40.5 Å². The fraction of sp³-hybridized carbons (Fsp3) is 0.704. The first kappa shape index (κ1) is 33.1. The number of esters is 1. The minimum Gasteiger partial charge on any atom is -0.476 e. The summed E-state index contributed by atoms with van der Waals surface area (Å²) in [6.45, 7) is 9.11. The molecule has 1 aromatic rings. The van der Waals surface area contributed by atoms with Crippen LogP contribution in [-0.4, -0.2) is 87.8 Å². The molecule has 2 rings (SSSR count). The second-order valence-corrected chi connectivity index (χ2v) is 11.7. The van der Waals surface area contributed by atoms with E-state index in [9.17, 15) is 29.1 Å². The number of likely N-dealkylation sites (N-methyl/N-ethyl adjacent to an activating group) is 1. The SMILES string of the molecule is CC[C@H](C)[C@H](NC(=O)[C@H]1CCCCN1C)C(=O)N(CC(N)=O)[C@H](C[C@@H](OC(C)=O)c1nc(C(=O)O)cs1)C(C)C. The lowest BCUT2D eigenvalue weighted by atomic mass is 9.92. The van der Waals surface area contributed by atoms with Crippen LogP contribution in [0, 0.1) is 11.8 Å². The molecule has 13 heteroatoms. The first-order chi connectivity index (χ1) is 18.8. The number of piperidine rings is 1. The summed E-state index contributed by atoms with van der Waals surface area (Å²) in [6, 6.07) is -1.90. The van der Waals surface area contributed by atoms with E-state index >= 15 is 0 Å². The fourth-order valence-corrected chi connectivity index (χ4v) is 5.79. The van der Waals surface area contributed by atoms with Gasteiger partial charge in [0, 0.05) is 24.8 Å². The fourth-order valence-electron chi connectivity index (χ4n) is 4.96. The van der Waals surface area contributed by atoms with Gasteiger partial charge in [-0.2, -0.15) is 0 Å². The topological polar surface area (TPSA) is 172 Å². The number of nitrogens with two attached hydrogens (primary N) is 1. The molecule has 0 unspecified atom stereocenters. The number of amides is 3. The number of likely N-dealkylation sites (tertiary alicyclic amines) is 1. The van der Waals surface area contributed by atoms with E-state index in [2.05, 4.69) is 10.3 Å². The molecule has 1 aliphatic rings. The summed E-state index contributed by atoms with van der Waals surface area (Å²) < 4.78 is 5.52. The van der Waals surface area contributed by atoms with Crippen LogP contribution in [0.1, 0.15) is 88.3 Å². The summed E-state index contributed by atoms with van der Waals surface area (Å²) in [5.74, 6) is -3.70. The van der Waals surface area contributed by atoms with Gasteiger partial charge in [-0.05, 0) is 38.3 Å². The molecule has 1 fully saturated rings. The lowest BCUT2D eigenvalue weighted by Crippen LogP contribution is -2.59. The summed E-state index contributed by atoms with van der Waals surface area (Å²) in [4.78, 5) is 70.5. The number of ether oxygens (including phenoxy) is 1. The number of rotatable bonds is 14. The van der Waals surface area contributed by atoms with Crippen molar-refractivity contribution >= 4 is 41.0 Å². The zero-order chi connectivity index (χ0) is 30.1. The van der Waals surface area contributed by atoms with Crippen LogP contribution in [0.4, 0.5) is 0 Å². The van der Waals surface area contributed by atoms with Crippen molar-refractivity contribution in [3.63, 3.8) is 0 Å². The molecule has 4 N–H and O–H groups in total. The summed E-state index contributed by atoms with van der Waals surface area (Å²) in [7, 11) is 1.89. The maximum atomic E-state index is 14.1. The minimum absolute atomic E-state index is 0.0510. The van der Waals surface area contributed by atoms with Crippen LogP contribution in [0.2, 0.25) is 0 Å². The van der Waals surface area contributed by atoms with Crippen molar-refractivity contribution in [1.82, 2.24) is 20.1 Å². The van der Waals surface area contributed by atoms with E-state index in [1.54, 1.807) is 0 Å². The summed E-state index contributed by atoms with van der Waals surface area (Å²) in [5.41, 5.74) is 5.40. The van der Waals surface area contributed by atoms with Gasteiger partial charge in [0.1, 0.15) is 11.0 Å². The molecule has 0 spiro atoms. The van der Waals surface area contributed by atoms with Crippen LogP contribution < -0.4 is 11.1 Å². The van der Waals surface area contributed by atoms with Gasteiger partial charge in [0.15, 0.2) is 11.8 Å². The van der Waals surface area contributed by atoms with Crippen molar-refractivity contribution in [2.45, 2.75) is 91.0 Å². The Labute approximate surface area is 239 Å². The monoisotopic (exact) mass is 581 g/mol. The van der Waals surface area contributed by atoms with Crippen LogP contribution in [0.5, 0.6) is 0 Å². The standard InChI is InChI=1S/C27H43N5O7S/c1-7-16(4)23(30-24(35)19-10-8-9-11-31(19)6)26(36)32(13-22(28)34)20(15(2)3)12-21(39-17(5)33)25-29-18(14-40-25)27(37)38/h14-16,19-21,23H,7-13H2,1-6H3,(H2,28,34)(H,30,35)(H,37,38)/t16-,19+,20+,21+,23-/m0/s1. The molecular formula is C27H43N5O7S. The van der Waals surface area contributed by atoms with E-state index in [4.69, 9.17) is 10.5 Å². The number of nitrogens with one attached hydrogen (secondary N) is 1. The number of thiazole rings is 1. The van der Waals surface area contributed by atoms with Crippen LogP contribution >= 0.6 is 11.3 Å². The molecule has 12 nitrogen and oxygen atoms in total. The molecular weight excluding hydrogens is 538 g/mol. The highest BCUT2D eigenvalue weighted by Gasteiger charge is 2.39. The third-order valence-corrected chi connectivity index (χ3v) is 8.35. The van der Waals surface area contributed by atoms with Gasteiger partial charge in [0.25, 0.3) is 0 Å². The predicted octanol–water partition coefficient (Wildman–Crippen LogP) is 2.19. The van der Waals surface area contributed by atoms with E-state index < -0.39 is 48.5 Å². The third-order valence-electron chi connectivity index (χ3n) is 7.41. The zero-order valence-electron chi connectivity index (χ0n) is 24.2. The predicted molar refractivity (Wildman–Crippen MR) is 149 cm³/mol. The second kappa shape index (κ2) is 15.1. The highest BCUT2D eigenvalue weighted by Crippen LogP contribution is 2.31. The number of primary amides is 1. The normalized spacial score (nSPS) is 18.8. The smallest absolute Gasteiger partial charge is 0.355 e. The van der Waals surface area contributed by atoms with E-state index in [1.165, 1.54) is 17.2 Å². The van der Waals surface area contributed by atoms with E-state index in [1.807, 2.05) is 39.6 Å². The number of carboxylic acid groups (broad SMARTS) is 1. The Morgan fingerprint density at radius 2 is 1.93 bits per heavy atom. The van der Waals surface area contributed by atoms with Crippen LogP contribution in [0.15, 0.2) is 5.38 Å². The second-order valence-electron chi connectivity index (χ2n) is 10.8. The largest absolute Gasteiger partial charge is 0.476 e. The van der Waals surface area contributed by atoms with Crippen molar-refractivity contribution in [3.8, 4) is 0 Å². The van der Waals surface area contributed by atoms with Gasteiger partial charge in [-0.15, -0.1) is 11.3 Å². The van der Waals surface area contributed by atoms with Crippen molar-refractivity contribution in [3.05, 3.63) is 16.1 Å². The summed E-state index contributed by atoms with van der Waals surface area (Å²) in [5, 5.41) is 13.9. The van der Waals surface area contributed by atoms with Gasteiger partial charge in [0.05, 0.1) is 12.6 Å². The van der Waals surface area contributed by atoms with Gasteiger partial charge >= 0.3 is 11.9 Å². The van der Waals surface area contributed by atoms with Gasteiger partial charge in [-0.3, -0.25) is 24.1 Å². The van der Waals surface area contributed by atoms with Crippen molar-refractivity contribution in [1.29, 1.82) is 0 Å². The molecule has 0 saturated carbocycles.